The van der Waals surface area contributed by atoms with E-state index in [0.717, 1.165) is 31.4 Å². The van der Waals surface area contributed by atoms with Crippen LogP contribution >= 0.6 is 0 Å². The number of aromatic carboxylic acids is 1. The topological polar surface area (TPSA) is 49.3 Å². The van der Waals surface area contributed by atoms with Crippen molar-refractivity contribution in [3.63, 3.8) is 0 Å². The molecule has 0 radical (unpaired) electrons. The lowest BCUT2D eigenvalue weighted by atomic mass is 9.89. The maximum absolute atomic E-state index is 10.8. The van der Waals surface area contributed by atoms with Crippen molar-refractivity contribution in [2.24, 2.45) is 0 Å². The van der Waals surface area contributed by atoms with Crippen molar-refractivity contribution < 1.29 is 9.90 Å². The van der Waals surface area contributed by atoms with Crippen LogP contribution < -0.4 is 5.32 Å². The first-order valence-electron chi connectivity index (χ1n) is 6.64. The van der Waals surface area contributed by atoms with Gasteiger partial charge in [-0.2, -0.15) is 0 Å². The Morgan fingerprint density at radius 1 is 1.11 bits per heavy atom. The molecular formula is C15H23NO2. The monoisotopic (exact) mass is 249 g/mol. The Morgan fingerprint density at radius 3 is 2.00 bits per heavy atom. The molecule has 0 atom stereocenters. The lowest BCUT2D eigenvalue weighted by Gasteiger charge is -2.32. The molecule has 0 saturated heterocycles. The van der Waals surface area contributed by atoms with E-state index in [4.69, 9.17) is 5.11 Å². The number of carboxylic acid groups (broad SMARTS) is 1. The summed E-state index contributed by atoms with van der Waals surface area (Å²) in [7, 11) is 0. The zero-order valence-corrected chi connectivity index (χ0v) is 11.5. The first-order valence-corrected chi connectivity index (χ1v) is 6.64. The Bertz CT molecular complexity index is 372. The van der Waals surface area contributed by atoms with Gasteiger partial charge in [-0.1, -0.05) is 32.9 Å². The number of benzene rings is 1. The normalized spacial score (nSPS) is 11.5. The highest BCUT2D eigenvalue weighted by atomic mass is 16.4. The summed E-state index contributed by atoms with van der Waals surface area (Å²) in [6.07, 6.45) is 3.31. The summed E-state index contributed by atoms with van der Waals surface area (Å²) in [5.41, 5.74) is 1.66. The van der Waals surface area contributed by atoms with Crippen LogP contribution in [0.2, 0.25) is 0 Å². The minimum absolute atomic E-state index is 0.200. The molecule has 0 aliphatic carbocycles. The van der Waals surface area contributed by atoms with E-state index in [9.17, 15) is 4.79 Å². The molecule has 0 bridgehead atoms. The second-order valence-corrected chi connectivity index (χ2v) is 4.70. The summed E-state index contributed by atoms with van der Waals surface area (Å²) in [6, 6.07) is 7.07. The fourth-order valence-electron chi connectivity index (χ4n) is 2.18. The summed E-state index contributed by atoms with van der Waals surface area (Å²) in [5, 5.41) is 12.4. The summed E-state index contributed by atoms with van der Waals surface area (Å²) >= 11 is 0. The number of hydrogen-bond donors (Lipinski definition) is 2. The summed E-state index contributed by atoms with van der Waals surface area (Å²) in [4.78, 5) is 10.8. The van der Waals surface area contributed by atoms with Crippen LogP contribution in [0.5, 0.6) is 0 Å². The van der Waals surface area contributed by atoms with Crippen LogP contribution in [0.4, 0.5) is 0 Å². The van der Waals surface area contributed by atoms with Gasteiger partial charge in [0.25, 0.3) is 0 Å². The van der Waals surface area contributed by atoms with E-state index in [1.807, 2.05) is 12.1 Å². The van der Waals surface area contributed by atoms with Crippen molar-refractivity contribution >= 4 is 5.97 Å². The van der Waals surface area contributed by atoms with Crippen molar-refractivity contribution in [1.29, 1.82) is 0 Å². The second-order valence-electron chi connectivity index (χ2n) is 4.70. The fraction of sp³-hybridized carbons (Fsp3) is 0.533. The highest BCUT2D eigenvalue weighted by Crippen LogP contribution is 2.20. The predicted octanol–water partition coefficient (Wildman–Crippen LogP) is 3.44. The molecule has 1 rings (SSSR count). The first kappa shape index (κ1) is 14.7. The maximum Gasteiger partial charge on any atom is 0.335 e. The third-order valence-electron chi connectivity index (χ3n) is 3.90. The molecule has 2 N–H and O–H groups in total. The van der Waals surface area contributed by atoms with Crippen molar-refractivity contribution in [2.75, 3.05) is 0 Å². The van der Waals surface area contributed by atoms with E-state index in [0.29, 0.717) is 5.56 Å². The highest BCUT2D eigenvalue weighted by Gasteiger charge is 2.22. The average Bonchev–Trinajstić information content (AvgIpc) is 2.41. The molecule has 3 heteroatoms. The molecule has 0 amide bonds. The van der Waals surface area contributed by atoms with E-state index in [2.05, 4.69) is 26.1 Å². The lowest BCUT2D eigenvalue weighted by Crippen LogP contribution is -2.43. The Balaban J connectivity index is 2.65. The van der Waals surface area contributed by atoms with Crippen molar-refractivity contribution in [3.8, 4) is 0 Å². The molecule has 0 aromatic heterocycles. The van der Waals surface area contributed by atoms with Gasteiger partial charge < -0.3 is 10.4 Å². The Hall–Kier alpha value is -1.35. The van der Waals surface area contributed by atoms with E-state index in [1.165, 1.54) is 0 Å². The molecule has 100 valence electrons. The summed E-state index contributed by atoms with van der Waals surface area (Å²) < 4.78 is 0. The van der Waals surface area contributed by atoms with E-state index in [1.54, 1.807) is 12.1 Å². The molecule has 1 aromatic carbocycles. The van der Waals surface area contributed by atoms with Gasteiger partial charge >= 0.3 is 5.97 Å². The van der Waals surface area contributed by atoms with Gasteiger partial charge in [0.2, 0.25) is 0 Å². The first-order chi connectivity index (χ1) is 8.56. The second kappa shape index (κ2) is 6.55. The van der Waals surface area contributed by atoms with Gasteiger partial charge in [0, 0.05) is 12.1 Å². The van der Waals surface area contributed by atoms with Gasteiger partial charge in [-0.05, 0) is 37.0 Å². The highest BCUT2D eigenvalue weighted by molar-refractivity contribution is 5.87. The van der Waals surface area contributed by atoms with Gasteiger partial charge in [-0.25, -0.2) is 4.79 Å². The molecule has 0 heterocycles. The molecule has 0 saturated carbocycles. The van der Waals surface area contributed by atoms with Gasteiger partial charge in [-0.3, -0.25) is 0 Å². The number of carbonyl (C=O) groups is 1. The average molecular weight is 249 g/mol. The lowest BCUT2D eigenvalue weighted by molar-refractivity contribution is 0.0697. The molecular weight excluding hydrogens is 226 g/mol. The Kier molecular flexibility index (Phi) is 5.35. The number of nitrogens with one attached hydrogen (secondary N) is 1. The summed E-state index contributed by atoms with van der Waals surface area (Å²) in [5.74, 6) is -0.875. The Morgan fingerprint density at radius 2 is 1.61 bits per heavy atom. The smallest absolute Gasteiger partial charge is 0.335 e. The fourth-order valence-corrected chi connectivity index (χ4v) is 2.18. The largest absolute Gasteiger partial charge is 0.478 e. The van der Waals surface area contributed by atoms with Crippen LogP contribution in [0.25, 0.3) is 0 Å². The van der Waals surface area contributed by atoms with Crippen LogP contribution in [0, 0.1) is 0 Å². The quantitative estimate of drug-likeness (QED) is 0.778. The van der Waals surface area contributed by atoms with Crippen LogP contribution in [0.15, 0.2) is 24.3 Å². The minimum atomic E-state index is -0.875. The molecule has 0 aliphatic rings. The van der Waals surface area contributed by atoms with Gasteiger partial charge in [0.05, 0.1) is 5.56 Å². The van der Waals surface area contributed by atoms with Gasteiger partial charge in [-0.15, -0.1) is 0 Å². The number of rotatable bonds is 7. The SMILES string of the molecule is CCC(CC)(CC)NCc1ccc(C(=O)O)cc1. The number of hydrogen-bond acceptors (Lipinski definition) is 2. The molecule has 0 unspecified atom stereocenters. The van der Waals surface area contributed by atoms with Crippen LogP contribution in [0.3, 0.4) is 0 Å². The van der Waals surface area contributed by atoms with Crippen molar-refractivity contribution in [3.05, 3.63) is 35.4 Å². The third kappa shape index (κ3) is 3.57. The maximum atomic E-state index is 10.8. The predicted molar refractivity (Wildman–Crippen MR) is 73.8 cm³/mol. The standard InChI is InChI=1S/C15H23NO2/c1-4-15(5-2,6-3)16-11-12-7-9-13(10-8-12)14(17)18/h7-10,16H,4-6,11H2,1-3H3,(H,17,18). The molecule has 0 fully saturated rings. The van der Waals surface area contributed by atoms with E-state index < -0.39 is 5.97 Å². The molecule has 0 spiro atoms. The molecule has 0 aliphatic heterocycles. The molecule has 18 heavy (non-hydrogen) atoms. The van der Waals surface area contributed by atoms with E-state index in [-0.39, 0.29) is 5.54 Å². The van der Waals surface area contributed by atoms with Crippen LogP contribution in [-0.4, -0.2) is 16.6 Å². The van der Waals surface area contributed by atoms with Crippen molar-refractivity contribution in [1.82, 2.24) is 5.32 Å². The van der Waals surface area contributed by atoms with Crippen LogP contribution in [-0.2, 0) is 6.54 Å². The van der Waals surface area contributed by atoms with E-state index >= 15 is 0 Å². The summed E-state index contributed by atoms with van der Waals surface area (Å²) in [6.45, 7) is 7.39. The van der Waals surface area contributed by atoms with Crippen LogP contribution in [0.1, 0.15) is 56.0 Å². The number of carboxylic acids is 1. The zero-order valence-electron chi connectivity index (χ0n) is 11.5. The van der Waals surface area contributed by atoms with Gasteiger partial charge in [0.1, 0.15) is 0 Å². The zero-order chi connectivity index (χ0) is 13.6. The Labute approximate surface area is 109 Å². The van der Waals surface area contributed by atoms with Crippen molar-refractivity contribution in [2.45, 2.75) is 52.1 Å². The third-order valence-corrected chi connectivity index (χ3v) is 3.90. The molecule has 1 aromatic rings. The molecule has 3 nitrogen and oxygen atoms in total. The van der Waals surface area contributed by atoms with Gasteiger partial charge in [0.15, 0.2) is 0 Å². The minimum Gasteiger partial charge on any atom is -0.478 e.